The average molecular weight is 424 g/mol. The second-order valence-electron chi connectivity index (χ2n) is 7.51. The molecule has 1 N–H and O–H groups in total. The molecule has 1 heterocycles. The average Bonchev–Trinajstić information content (AvgIpc) is 2.76. The first-order valence-electron chi connectivity index (χ1n) is 10.0. The number of aromatic nitrogens is 2. The summed E-state index contributed by atoms with van der Waals surface area (Å²) in [4.78, 5) is 28.6. The third-order valence-electron chi connectivity index (χ3n) is 5.15. The molecule has 0 fully saturated rings. The molecule has 0 aliphatic carbocycles. The Labute approximate surface area is 182 Å². The number of fused-ring (bicyclic) bond motifs is 1. The summed E-state index contributed by atoms with van der Waals surface area (Å²) < 4.78 is 10.6. The minimum absolute atomic E-state index is 0.313. The van der Waals surface area contributed by atoms with Gasteiger partial charge in [0.15, 0.2) is 11.5 Å². The van der Waals surface area contributed by atoms with E-state index < -0.39 is 0 Å². The minimum atomic E-state index is -0.313. The number of likely N-dealkylation sites (N-methyl/N-ethyl adjacent to an activating group) is 1. The molecule has 0 aliphatic heterocycles. The van der Waals surface area contributed by atoms with E-state index in [-0.39, 0.29) is 5.56 Å². The molecule has 1 aromatic heterocycles. The molecule has 8 heteroatoms. The van der Waals surface area contributed by atoms with Crippen LogP contribution in [-0.2, 0) is 6.42 Å². The summed E-state index contributed by atoms with van der Waals surface area (Å²) in [5.74, 6) is 2.49. The van der Waals surface area contributed by atoms with Crippen molar-refractivity contribution in [3.05, 3.63) is 52.3 Å². The van der Waals surface area contributed by atoms with Crippen molar-refractivity contribution in [2.45, 2.75) is 13.3 Å². The van der Waals surface area contributed by atoms with Crippen LogP contribution in [0.15, 0.2) is 46.2 Å². The number of amidine groups is 1. The fourth-order valence-electron chi connectivity index (χ4n) is 3.12. The summed E-state index contributed by atoms with van der Waals surface area (Å²) >= 11 is 0. The Bertz CT molecular complexity index is 1150. The van der Waals surface area contributed by atoms with Crippen molar-refractivity contribution in [1.82, 2.24) is 14.9 Å². The number of anilines is 1. The fraction of sp³-hybridized carbons (Fsp3) is 0.348. The van der Waals surface area contributed by atoms with E-state index in [1.807, 2.05) is 50.0 Å². The van der Waals surface area contributed by atoms with Crippen molar-refractivity contribution in [3.63, 3.8) is 0 Å². The van der Waals surface area contributed by atoms with Crippen LogP contribution in [0.4, 0.5) is 11.6 Å². The molecule has 2 aromatic carbocycles. The number of rotatable bonds is 7. The highest BCUT2D eigenvalue weighted by Gasteiger charge is 2.13. The van der Waals surface area contributed by atoms with E-state index in [1.54, 1.807) is 19.2 Å². The summed E-state index contributed by atoms with van der Waals surface area (Å²) in [7, 11) is 8.95. The maximum Gasteiger partial charge on any atom is 0.282 e. The van der Waals surface area contributed by atoms with Gasteiger partial charge in [-0.15, -0.1) is 0 Å². The smallest absolute Gasteiger partial charge is 0.282 e. The van der Waals surface area contributed by atoms with Gasteiger partial charge in [-0.25, -0.2) is 4.99 Å². The van der Waals surface area contributed by atoms with Crippen molar-refractivity contribution < 1.29 is 9.47 Å². The first-order valence-corrected chi connectivity index (χ1v) is 10.0. The van der Waals surface area contributed by atoms with Crippen LogP contribution in [0.2, 0.25) is 0 Å². The topological polar surface area (TPSA) is 83.0 Å². The Morgan fingerprint density at radius 3 is 2.48 bits per heavy atom. The van der Waals surface area contributed by atoms with Crippen LogP contribution in [0.25, 0.3) is 10.9 Å². The second kappa shape index (κ2) is 9.51. The number of H-pyrrole nitrogens is 1. The predicted octanol–water partition coefficient (Wildman–Crippen LogP) is 3.23. The molecule has 0 radical (unpaired) electrons. The van der Waals surface area contributed by atoms with Crippen LogP contribution in [-0.4, -0.2) is 62.6 Å². The predicted molar refractivity (Wildman–Crippen MR) is 125 cm³/mol. The number of hydrogen-bond acceptors (Lipinski definition) is 6. The van der Waals surface area contributed by atoms with Gasteiger partial charge in [-0.05, 0) is 37.1 Å². The largest absolute Gasteiger partial charge is 0.493 e. The first kappa shape index (κ1) is 22.1. The quantitative estimate of drug-likeness (QED) is 0.464. The molecule has 31 heavy (non-hydrogen) atoms. The molecule has 164 valence electrons. The molecular weight excluding hydrogens is 394 g/mol. The highest BCUT2D eigenvalue weighted by atomic mass is 16.5. The number of aliphatic imine (C=N–C) groups is 1. The molecule has 0 aliphatic rings. The molecule has 0 saturated heterocycles. The zero-order valence-corrected chi connectivity index (χ0v) is 18.9. The van der Waals surface area contributed by atoms with Crippen LogP contribution in [0.5, 0.6) is 11.5 Å². The Balaban J connectivity index is 1.80. The van der Waals surface area contributed by atoms with Gasteiger partial charge in [0.1, 0.15) is 5.84 Å². The lowest BCUT2D eigenvalue weighted by Crippen LogP contribution is -2.25. The van der Waals surface area contributed by atoms with E-state index in [0.717, 1.165) is 23.5 Å². The van der Waals surface area contributed by atoms with E-state index >= 15 is 0 Å². The molecule has 3 rings (SSSR count). The van der Waals surface area contributed by atoms with Crippen molar-refractivity contribution in [2.75, 3.05) is 46.8 Å². The lowest BCUT2D eigenvalue weighted by molar-refractivity contribution is 0.355. The number of methoxy groups -OCH3 is 2. The Kier molecular flexibility index (Phi) is 6.79. The van der Waals surface area contributed by atoms with E-state index in [4.69, 9.17) is 9.47 Å². The Hall–Kier alpha value is -3.55. The first-order chi connectivity index (χ1) is 14.8. The maximum absolute atomic E-state index is 12.6. The molecule has 0 unspecified atom stereocenters. The molecule has 3 aromatic rings. The molecule has 0 bridgehead atoms. The lowest BCUT2D eigenvalue weighted by Gasteiger charge is -2.18. The van der Waals surface area contributed by atoms with Gasteiger partial charge >= 0.3 is 0 Å². The number of hydrogen-bond donors (Lipinski definition) is 1. The van der Waals surface area contributed by atoms with E-state index in [0.29, 0.717) is 34.9 Å². The summed E-state index contributed by atoms with van der Waals surface area (Å²) in [6.45, 7) is 2.66. The van der Waals surface area contributed by atoms with Crippen LogP contribution in [0.3, 0.4) is 0 Å². The summed E-state index contributed by atoms with van der Waals surface area (Å²) in [6.07, 6.45) is 0.786. The number of nitrogens with zero attached hydrogens (tertiary/aromatic N) is 4. The SMILES string of the molecule is COc1cc2[nH]c(N(C)CCc3cccc(/N=C(\C)N(C)C)c3)nc(=O)c2cc1OC. The maximum atomic E-state index is 12.6. The van der Waals surface area contributed by atoms with Gasteiger partial charge in [0.25, 0.3) is 5.56 Å². The molecule has 0 atom stereocenters. The summed E-state index contributed by atoms with van der Waals surface area (Å²) in [5, 5.41) is 0.455. The lowest BCUT2D eigenvalue weighted by atomic mass is 10.1. The summed E-state index contributed by atoms with van der Waals surface area (Å²) in [5.41, 5.74) is 2.42. The molecule has 0 saturated carbocycles. The van der Waals surface area contributed by atoms with Gasteiger partial charge in [-0.1, -0.05) is 12.1 Å². The van der Waals surface area contributed by atoms with Crippen LogP contribution in [0.1, 0.15) is 12.5 Å². The zero-order chi connectivity index (χ0) is 22.5. The highest BCUT2D eigenvalue weighted by Crippen LogP contribution is 2.30. The number of benzene rings is 2. The molecule has 8 nitrogen and oxygen atoms in total. The highest BCUT2D eigenvalue weighted by molar-refractivity contribution is 5.83. The van der Waals surface area contributed by atoms with E-state index in [2.05, 4.69) is 27.1 Å². The Morgan fingerprint density at radius 1 is 1.10 bits per heavy atom. The molecule has 0 amide bonds. The van der Waals surface area contributed by atoms with Crippen molar-refractivity contribution >= 4 is 28.4 Å². The number of nitrogens with one attached hydrogen (secondary N) is 1. The number of aromatic amines is 1. The van der Waals surface area contributed by atoms with Gasteiger partial charge in [0, 0.05) is 33.8 Å². The fourth-order valence-corrected chi connectivity index (χ4v) is 3.12. The standard InChI is InChI=1S/C23H29N5O3/c1-15(27(2)3)24-17-9-7-8-16(12-17)10-11-28(4)23-25-19-14-21(31-6)20(30-5)13-18(19)22(29)26-23/h7-9,12-14H,10-11H2,1-6H3,(H,25,26,29)/b24-15+. The molecule has 0 spiro atoms. The summed E-state index contributed by atoms with van der Waals surface area (Å²) in [6, 6.07) is 11.5. The van der Waals surface area contributed by atoms with Gasteiger partial charge in [0.05, 0.1) is 30.8 Å². The van der Waals surface area contributed by atoms with Crippen LogP contribution >= 0.6 is 0 Å². The molecular formula is C23H29N5O3. The number of ether oxygens (including phenoxy) is 2. The van der Waals surface area contributed by atoms with Gasteiger partial charge in [-0.3, -0.25) is 4.79 Å². The van der Waals surface area contributed by atoms with Gasteiger partial charge in [0.2, 0.25) is 5.95 Å². The Morgan fingerprint density at radius 2 is 1.81 bits per heavy atom. The van der Waals surface area contributed by atoms with Crippen LogP contribution in [0, 0.1) is 0 Å². The third kappa shape index (κ3) is 5.14. The van der Waals surface area contributed by atoms with Gasteiger partial charge < -0.3 is 24.3 Å². The van der Waals surface area contributed by atoms with Gasteiger partial charge in [-0.2, -0.15) is 4.98 Å². The third-order valence-corrected chi connectivity index (χ3v) is 5.15. The van der Waals surface area contributed by atoms with E-state index in [1.165, 1.54) is 7.11 Å². The van der Waals surface area contributed by atoms with Crippen LogP contribution < -0.4 is 19.9 Å². The normalized spacial score (nSPS) is 11.5. The monoisotopic (exact) mass is 423 g/mol. The van der Waals surface area contributed by atoms with Crippen molar-refractivity contribution in [2.24, 2.45) is 4.99 Å². The van der Waals surface area contributed by atoms with Crippen molar-refractivity contribution in [1.29, 1.82) is 0 Å². The zero-order valence-electron chi connectivity index (χ0n) is 18.9. The minimum Gasteiger partial charge on any atom is -0.493 e. The van der Waals surface area contributed by atoms with E-state index in [9.17, 15) is 4.79 Å². The van der Waals surface area contributed by atoms with Crippen molar-refractivity contribution in [3.8, 4) is 11.5 Å². The second-order valence-corrected chi connectivity index (χ2v) is 7.51.